The molecule has 0 spiro atoms. The summed E-state index contributed by atoms with van der Waals surface area (Å²) in [6, 6.07) is -0.188. The van der Waals surface area contributed by atoms with E-state index in [-0.39, 0.29) is 24.1 Å². The maximum absolute atomic E-state index is 12.0. The zero-order chi connectivity index (χ0) is 16.2. The Balaban J connectivity index is 1.48. The number of nitrogens with zero attached hydrogens (tertiary/aromatic N) is 1. The van der Waals surface area contributed by atoms with Crippen LogP contribution in [0.4, 0.5) is 5.13 Å². The van der Waals surface area contributed by atoms with Crippen LogP contribution in [0.25, 0.3) is 0 Å². The fraction of sp³-hybridized carbons (Fsp3) is 0.600. The Labute approximate surface area is 138 Å². The van der Waals surface area contributed by atoms with E-state index < -0.39 is 6.04 Å². The number of carbonyl (C=O) groups excluding carboxylic acids is 3. The molecule has 2 heterocycles. The van der Waals surface area contributed by atoms with Gasteiger partial charge >= 0.3 is 0 Å². The van der Waals surface area contributed by atoms with E-state index in [1.54, 1.807) is 5.38 Å². The second-order valence-electron chi connectivity index (χ2n) is 6.02. The van der Waals surface area contributed by atoms with Gasteiger partial charge in [-0.1, -0.05) is 12.8 Å². The average molecular weight is 336 g/mol. The summed E-state index contributed by atoms with van der Waals surface area (Å²) in [4.78, 5) is 39.3. The fourth-order valence-corrected chi connectivity index (χ4v) is 3.68. The Morgan fingerprint density at radius 3 is 2.78 bits per heavy atom. The highest BCUT2D eigenvalue weighted by Gasteiger charge is 2.27. The molecule has 1 aliphatic heterocycles. The highest BCUT2D eigenvalue weighted by atomic mass is 32.1. The first-order valence-corrected chi connectivity index (χ1v) is 8.82. The van der Waals surface area contributed by atoms with Crippen LogP contribution in [0.2, 0.25) is 0 Å². The molecule has 3 N–H and O–H groups in total. The first kappa shape index (κ1) is 15.9. The lowest BCUT2D eigenvalue weighted by Gasteiger charge is -2.10. The standard InChI is InChI=1S/C15H20N4O3S/c20-12-6-5-11(18-12)14(22)19-15-17-10(8-23-15)7-13(21)16-9-3-1-2-4-9/h8-9,11H,1-7H2,(H,16,21)(H,18,20)(H,17,19,22). The zero-order valence-electron chi connectivity index (χ0n) is 12.8. The highest BCUT2D eigenvalue weighted by Crippen LogP contribution is 2.19. The molecule has 1 atom stereocenters. The van der Waals surface area contributed by atoms with Crippen molar-refractivity contribution in [2.75, 3.05) is 5.32 Å². The van der Waals surface area contributed by atoms with Crippen LogP contribution in [0.15, 0.2) is 5.38 Å². The lowest BCUT2D eigenvalue weighted by molar-refractivity contribution is -0.122. The van der Waals surface area contributed by atoms with Crippen LogP contribution in [-0.4, -0.2) is 34.8 Å². The molecule has 8 heteroatoms. The third kappa shape index (κ3) is 4.28. The predicted octanol–water partition coefficient (Wildman–Crippen LogP) is 0.961. The second kappa shape index (κ2) is 7.08. The molecule has 1 saturated carbocycles. The van der Waals surface area contributed by atoms with E-state index in [0.717, 1.165) is 12.8 Å². The third-order valence-electron chi connectivity index (χ3n) is 4.16. The molecule has 3 rings (SSSR count). The van der Waals surface area contributed by atoms with Crippen molar-refractivity contribution in [3.05, 3.63) is 11.1 Å². The van der Waals surface area contributed by atoms with Gasteiger partial charge in [0, 0.05) is 17.8 Å². The molecule has 1 aliphatic carbocycles. The molecule has 1 aromatic rings. The molecule has 2 aliphatic rings. The summed E-state index contributed by atoms with van der Waals surface area (Å²) in [6.45, 7) is 0. The van der Waals surface area contributed by atoms with Crippen LogP contribution < -0.4 is 16.0 Å². The fourth-order valence-electron chi connectivity index (χ4n) is 2.96. The largest absolute Gasteiger partial charge is 0.353 e. The summed E-state index contributed by atoms with van der Waals surface area (Å²) in [5.41, 5.74) is 0.649. The normalized spacial score (nSPS) is 21.2. The molecule has 1 saturated heterocycles. The number of nitrogens with one attached hydrogen (secondary N) is 3. The minimum Gasteiger partial charge on any atom is -0.353 e. The number of thiazole rings is 1. The van der Waals surface area contributed by atoms with Gasteiger partial charge in [0.1, 0.15) is 6.04 Å². The molecule has 124 valence electrons. The maximum Gasteiger partial charge on any atom is 0.248 e. The maximum atomic E-state index is 12.0. The van der Waals surface area contributed by atoms with E-state index in [1.165, 1.54) is 24.2 Å². The van der Waals surface area contributed by atoms with Crippen LogP contribution >= 0.6 is 11.3 Å². The van der Waals surface area contributed by atoms with Crippen LogP contribution in [0.1, 0.15) is 44.2 Å². The van der Waals surface area contributed by atoms with Gasteiger partial charge < -0.3 is 16.0 Å². The monoisotopic (exact) mass is 336 g/mol. The number of carbonyl (C=O) groups is 3. The third-order valence-corrected chi connectivity index (χ3v) is 4.96. The van der Waals surface area contributed by atoms with Gasteiger partial charge in [-0.3, -0.25) is 14.4 Å². The van der Waals surface area contributed by atoms with E-state index in [4.69, 9.17) is 0 Å². The summed E-state index contributed by atoms with van der Waals surface area (Å²) in [5, 5.41) is 10.6. The molecular formula is C15H20N4O3S. The lowest BCUT2D eigenvalue weighted by Crippen LogP contribution is -2.37. The molecular weight excluding hydrogens is 316 g/mol. The number of aromatic nitrogens is 1. The van der Waals surface area contributed by atoms with E-state index >= 15 is 0 Å². The van der Waals surface area contributed by atoms with Crippen LogP contribution in [0, 0.1) is 0 Å². The minimum atomic E-state index is -0.486. The Morgan fingerprint density at radius 1 is 1.30 bits per heavy atom. The van der Waals surface area contributed by atoms with E-state index in [0.29, 0.717) is 29.7 Å². The first-order chi connectivity index (χ1) is 11.1. The van der Waals surface area contributed by atoms with E-state index in [1.807, 2.05) is 0 Å². The molecule has 1 aromatic heterocycles. The molecule has 0 bridgehead atoms. The SMILES string of the molecule is O=C(Cc1csc(NC(=O)C2CCC(=O)N2)n1)NC1CCCC1. The minimum absolute atomic E-state index is 0.0249. The lowest BCUT2D eigenvalue weighted by atomic mass is 10.2. The van der Waals surface area contributed by atoms with Gasteiger partial charge in [0.15, 0.2) is 5.13 Å². The summed E-state index contributed by atoms with van der Waals surface area (Å²) in [5.74, 6) is -0.385. The van der Waals surface area contributed by atoms with Crippen molar-refractivity contribution in [2.24, 2.45) is 0 Å². The van der Waals surface area contributed by atoms with Gasteiger partial charge in [0.05, 0.1) is 12.1 Å². The molecule has 7 nitrogen and oxygen atoms in total. The summed E-state index contributed by atoms with van der Waals surface area (Å²) >= 11 is 1.29. The quantitative estimate of drug-likeness (QED) is 0.745. The van der Waals surface area contributed by atoms with Gasteiger partial charge in [-0.15, -0.1) is 11.3 Å². The van der Waals surface area contributed by atoms with Crippen LogP contribution in [0.5, 0.6) is 0 Å². The highest BCUT2D eigenvalue weighted by molar-refractivity contribution is 7.13. The van der Waals surface area contributed by atoms with E-state index in [2.05, 4.69) is 20.9 Å². The predicted molar refractivity (Wildman–Crippen MR) is 86.0 cm³/mol. The zero-order valence-corrected chi connectivity index (χ0v) is 13.6. The Bertz CT molecular complexity index is 610. The van der Waals surface area contributed by atoms with Gasteiger partial charge in [-0.25, -0.2) is 4.98 Å². The molecule has 2 fully saturated rings. The van der Waals surface area contributed by atoms with Crippen molar-refractivity contribution in [3.8, 4) is 0 Å². The van der Waals surface area contributed by atoms with E-state index in [9.17, 15) is 14.4 Å². The van der Waals surface area contributed by atoms with Crippen molar-refractivity contribution in [3.63, 3.8) is 0 Å². The van der Waals surface area contributed by atoms with Crippen molar-refractivity contribution < 1.29 is 14.4 Å². The van der Waals surface area contributed by atoms with Crippen LogP contribution in [0.3, 0.4) is 0 Å². The Hall–Kier alpha value is -1.96. The van der Waals surface area contributed by atoms with Crippen molar-refractivity contribution >= 4 is 34.2 Å². The summed E-state index contributed by atoms with van der Waals surface area (Å²) in [7, 11) is 0. The smallest absolute Gasteiger partial charge is 0.248 e. The van der Waals surface area contributed by atoms with Crippen molar-refractivity contribution in [1.82, 2.24) is 15.6 Å². The first-order valence-electron chi connectivity index (χ1n) is 7.94. The number of anilines is 1. The number of rotatable bonds is 5. The number of hydrogen-bond donors (Lipinski definition) is 3. The summed E-state index contributed by atoms with van der Waals surface area (Å²) in [6.07, 6.45) is 5.57. The number of amides is 3. The molecule has 23 heavy (non-hydrogen) atoms. The van der Waals surface area contributed by atoms with Gasteiger partial charge in [0.25, 0.3) is 0 Å². The molecule has 0 aromatic carbocycles. The van der Waals surface area contributed by atoms with Crippen molar-refractivity contribution in [2.45, 2.75) is 57.0 Å². The van der Waals surface area contributed by atoms with Gasteiger partial charge in [-0.2, -0.15) is 0 Å². The molecule has 1 unspecified atom stereocenters. The topological polar surface area (TPSA) is 100 Å². The van der Waals surface area contributed by atoms with Gasteiger partial charge in [0.2, 0.25) is 17.7 Å². The van der Waals surface area contributed by atoms with Crippen molar-refractivity contribution in [1.29, 1.82) is 0 Å². The Kier molecular flexibility index (Phi) is 4.90. The molecule has 3 amide bonds. The average Bonchev–Trinajstić information content (AvgIpc) is 3.22. The molecule has 0 radical (unpaired) electrons. The summed E-state index contributed by atoms with van der Waals surface area (Å²) < 4.78 is 0. The second-order valence-corrected chi connectivity index (χ2v) is 6.88. The van der Waals surface area contributed by atoms with Gasteiger partial charge in [-0.05, 0) is 19.3 Å². The number of hydrogen-bond acceptors (Lipinski definition) is 5. The Morgan fingerprint density at radius 2 is 2.09 bits per heavy atom. The van der Waals surface area contributed by atoms with Crippen LogP contribution in [-0.2, 0) is 20.8 Å².